The van der Waals surface area contributed by atoms with Crippen molar-refractivity contribution < 1.29 is 5.11 Å². The van der Waals surface area contributed by atoms with Crippen molar-refractivity contribution in [1.82, 2.24) is 10.2 Å². The highest BCUT2D eigenvalue weighted by Gasteiger charge is 2.33. The number of nitrogens with zero attached hydrogens (tertiary/aromatic N) is 1. The van der Waals surface area contributed by atoms with Crippen LogP contribution in [-0.2, 0) is 0 Å². The molecule has 0 bridgehead atoms. The molecule has 106 valence electrons. The molecule has 0 radical (unpaired) electrons. The molecule has 3 nitrogen and oxygen atoms in total. The molecule has 3 atom stereocenters. The first kappa shape index (κ1) is 14.3. The smallest absolute Gasteiger partial charge is 0.0578 e. The van der Waals surface area contributed by atoms with Crippen molar-refractivity contribution in [3.05, 3.63) is 0 Å². The number of nitrogens with one attached hydrogen (secondary N) is 1. The number of aliphatic hydroxyl groups excluding tert-OH is 1. The second kappa shape index (κ2) is 6.88. The van der Waals surface area contributed by atoms with E-state index in [4.69, 9.17) is 0 Å². The highest BCUT2D eigenvalue weighted by molar-refractivity contribution is 4.91. The predicted octanol–water partition coefficient (Wildman–Crippen LogP) is 2.00. The molecule has 2 aliphatic rings. The highest BCUT2D eigenvalue weighted by atomic mass is 16.3. The molecule has 0 aromatic heterocycles. The summed E-state index contributed by atoms with van der Waals surface area (Å²) >= 11 is 0. The minimum atomic E-state index is -0.113. The van der Waals surface area contributed by atoms with Gasteiger partial charge in [0.2, 0.25) is 0 Å². The van der Waals surface area contributed by atoms with Crippen LogP contribution in [0.4, 0.5) is 0 Å². The Morgan fingerprint density at radius 2 is 2.00 bits per heavy atom. The van der Waals surface area contributed by atoms with Gasteiger partial charge in [-0.15, -0.1) is 0 Å². The zero-order valence-corrected chi connectivity index (χ0v) is 12.1. The van der Waals surface area contributed by atoms with Gasteiger partial charge in [0.05, 0.1) is 6.10 Å². The van der Waals surface area contributed by atoms with Crippen molar-refractivity contribution in [1.29, 1.82) is 0 Å². The van der Waals surface area contributed by atoms with Gasteiger partial charge in [0.1, 0.15) is 0 Å². The zero-order valence-electron chi connectivity index (χ0n) is 12.1. The summed E-state index contributed by atoms with van der Waals surface area (Å²) in [6, 6.07) is 1.38. The third-order valence-corrected chi connectivity index (χ3v) is 4.40. The quantitative estimate of drug-likeness (QED) is 0.729. The van der Waals surface area contributed by atoms with Gasteiger partial charge in [-0.2, -0.15) is 0 Å². The van der Waals surface area contributed by atoms with Crippen molar-refractivity contribution in [2.75, 3.05) is 19.6 Å². The molecule has 2 fully saturated rings. The maximum absolute atomic E-state index is 10.1. The lowest BCUT2D eigenvalue weighted by Crippen LogP contribution is -2.52. The molecule has 1 saturated heterocycles. The van der Waals surface area contributed by atoms with Gasteiger partial charge in [-0.05, 0) is 44.6 Å². The van der Waals surface area contributed by atoms with E-state index < -0.39 is 0 Å². The minimum Gasteiger partial charge on any atom is -0.393 e. The van der Waals surface area contributed by atoms with Crippen molar-refractivity contribution in [2.24, 2.45) is 5.92 Å². The first-order chi connectivity index (χ1) is 8.72. The summed E-state index contributed by atoms with van der Waals surface area (Å²) in [7, 11) is 0. The largest absolute Gasteiger partial charge is 0.393 e. The van der Waals surface area contributed by atoms with E-state index in [1.807, 2.05) is 0 Å². The lowest BCUT2D eigenvalue weighted by atomic mass is 9.88. The Hall–Kier alpha value is -0.120. The van der Waals surface area contributed by atoms with Crippen molar-refractivity contribution in [3.63, 3.8) is 0 Å². The highest BCUT2D eigenvalue weighted by Crippen LogP contribution is 2.26. The van der Waals surface area contributed by atoms with Crippen LogP contribution in [0.1, 0.15) is 52.4 Å². The molecule has 1 saturated carbocycles. The fraction of sp³-hybridized carbons (Fsp3) is 1.00. The average molecular weight is 254 g/mol. The number of hydrogen-bond acceptors (Lipinski definition) is 3. The monoisotopic (exact) mass is 254 g/mol. The summed E-state index contributed by atoms with van der Waals surface area (Å²) in [5, 5.41) is 13.9. The Balaban J connectivity index is 1.86. The minimum absolute atomic E-state index is 0.113. The van der Waals surface area contributed by atoms with Crippen LogP contribution < -0.4 is 5.32 Å². The van der Waals surface area contributed by atoms with Crippen LogP contribution in [0.2, 0.25) is 0 Å². The molecule has 3 unspecified atom stereocenters. The number of rotatable bonds is 7. The third kappa shape index (κ3) is 4.22. The molecule has 0 aromatic rings. The lowest BCUT2D eigenvalue weighted by Gasteiger charge is -2.40. The van der Waals surface area contributed by atoms with Gasteiger partial charge in [-0.1, -0.05) is 20.3 Å². The van der Waals surface area contributed by atoms with Crippen LogP contribution in [0.25, 0.3) is 0 Å². The Morgan fingerprint density at radius 3 is 2.61 bits per heavy atom. The van der Waals surface area contributed by atoms with Gasteiger partial charge in [0, 0.05) is 25.2 Å². The first-order valence-corrected chi connectivity index (χ1v) is 7.89. The van der Waals surface area contributed by atoms with Crippen LogP contribution in [0.15, 0.2) is 0 Å². The Labute approximate surface area is 112 Å². The third-order valence-electron chi connectivity index (χ3n) is 4.40. The Morgan fingerprint density at radius 1 is 1.22 bits per heavy atom. The summed E-state index contributed by atoms with van der Waals surface area (Å²) in [4.78, 5) is 2.57. The topological polar surface area (TPSA) is 35.5 Å². The van der Waals surface area contributed by atoms with Gasteiger partial charge < -0.3 is 15.3 Å². The summed E-state index contributed by atoms with van der Waals surface area (Å²) in [5.74, 6) is 0.469. The number of unbranched alkanes of at least 4 members (excludes halogenated alkanes) is 1. The van der Waals surface area contributed by atoms with E-state index in [0.717, 1.165) is 25.4 Å². The van der Waals surface area contributed by atoms with E-state index in [0.29, 0.717) is 12.0 Å². The summed E-state index contributed by atoms with van der Waals surface area (Å²) in [6.45, 7) is 7.83. The number of likely N-dealkylation sites (tertiary alicyclic amines) is 1. The number of hydrogen-bond donors (Lipinski definition) is 2. The SMILES string of the molecule is CCCCN1CC(NC2CC2)CC(C(O)CC)C1. The van der Waals surface area contributed by atoms with E-state index >= 15 is 0 Å². The van der Waals surface area contributed by atoms with Crippen LogP contribution in [0.5, 0.6) is 0 Å². The molecule has 1 aliphatic heterocycles. The molecule has 1 heterocycles. The number of piperidine rings is 1. The van der Waals surface area contributed by atoms with E-state index in [1.165, 1.54) is 38.8 Å². The van der Waals surface area contributed by atoms with Gasteiger partial charge in [-0.3, -0.25) is 0 Å². The molecule has 18 heavy (non-hydrogen) atoms. The maximum Gasteiger partial charge on any atom is 0.0578 e. The van der Waals surface area contributed by atoms with Gasteiger partial charge in [0.25, 0.3) is 0 Å². The first-order valence-electron chi connectivity index (χ1n) is 7.89. The van der Waals surface area contributed by atoms with E-state index in [9.17, 15) is 5.11 Å². The Bertz CT molecular complexity index is 243. The Kier molecular flexibility index (Phi) is 5.46. The number of aliphatic hydroxyl groups is 1. The molecule has 3 heteroatoms. The normalized spacial score (nSPS) is 31.5. The molecule has 2 N–H and O–H groups in total. The standard InChI is InChI=1S/C15H30N2O/c1-3-5-8-17-10-12(15(18)4-2)9-14(11-17)16-13-6-7-13/h12-16,18H,3-11H2,1-2H3. The second-order valence-corrected chi connectivity index (χ2v) is 6.22. The van der Waals surface area contributed by atoms with E-state index in [-0.39, 0.29) is 6.10 Å². The molecule has 2 rings (SSSR count). The van der Waals surface area contributed by atoms with Crippen LogP contribution in [-0.4, -0.2) is 47.8 Å². The predicted molar refractivity (Wildman–Crippen MR) is 75.7 cm³/mol. The van der Waals surface area contributed by atoms with Gasteiger partial charge in [-0.25, -0.2) is 0 Å². The lowest BCUT2D eigenvalue weighted by molar-refractivity contribution is 0.0349. The zero-order chi connectivity index (χ0) is 13.0. The fourth-order valence-corrected chi connectivity index (χ4v) is 3.11. The molecule has 1 aliphatic carbocycles. The van der Waals surface area contributed by atoms with Crippen molar-refractivity contribution >= 4 is 0 Å². The van der Waals surface area contributed by atoms with Gasteiger partial charge >= 0.3 is 0 Å². The second-order valence-electron chi connectivity index (χ2n) is 6.22. The fourth-order valence-electron chi connectivity index (χ4n) is 3.11. The van der Waals surface area contributed by atoms with Crippen LogP contribution >= 0.6 is 0 Å². The molecular formula is C15H30N2O. The van der Waals surface area contributed by atoms with Crippen LogP contribution in [0.3, 0.4) is 0 Å². The molecular weight excluding hydrogens is 224 g/mol. The summed E-state index contributed by atoms with van der Waals surface area (Å²) in [6.07, 6.45) is 7.19. The van der Waals surface area contributed by atoms with E-state index in [2.05, 4.69) is 24.1 Å². The molecule has 0 spiro atoms. The van der Waals surface area contributed by atoms with E-state index in [1.54, 1.807) is 0 Å². The van der Waals surface area contributed by atoms with Crippen molar-refractivity contribution in [3.8, 4) is 0 Å². The average Bonchev–Trinajstić information content (AvgIpc) is 3.19. The van der Waals surface area contributed by atoms with Crippen molar-refractivity contribution in [2.45, 2.75) is 70.6 Å². The summed E-state index contributed by atoms with van der Waals surface area (Å²) in [5.41, 5.74) is 0. The van der Waals surface area contributed by atoms with Gasteiger partial charge in [0.15, 0.2) is 0 Å². The molecule has 0 amide bonds. The molecule has 0 aromatic carbocycles. The van der Waals surface area contributed by atoms with Crippen LogP contribution in [0, 0.1) is 5.92 Å². The summed E-state index contributed by atoms with van der Waals surface area (Å²) < 4.78 is 0. The maximum atomic E-state index is 10.1.